The highest BCUT2D eigenvalue weighted by molar-refractivity contribution is 6.30. The van der Waals surface area contributed by atoms with Crippen molar-refractivity contribution >= 4 is 11.6 Å². The van der Waals surface area contributed by atoms with Gasteiger partial charge in [0, 0.05) is 28.1 Å². The number of H-pyrrole nitrogens is 2. The first-order valence-corrected chi connectivity index (χ1v) is 14.6. The van der Waals surface area contributed by atoms with E-state index in [1.54, 1.807) is 12.1 Å². The summed E-state index contributed by atoms with van der Waals surface area (Å²) < 4.78 is 5.93. The van der Waals surface area contributed by atoms with E-state index in [4.69, 9.17) is 21.0 Å². The molecule has 0 fully saturated rings. The van der Waals surface area contributed by atoms with Crippen molar-refractivity contribution in [3.8, 4) is 34.0 Å². The molecule has 0 aliphatic rings. The SMILES string of the molecule is CCCCc1nc(Cc2nc(-c3ccc(Cl)cc3)oc2C)[nH]c(=O)c1Cc1ccc(-c2ccccc2-c2nn[nH]n2)cc1. The monoisotopic (exact) mass is 591 g/mol. The maximum Gasteiger partial charge on any atom is 0.254 e. The van der Waals surface area contributed by atoms with Gasteiger partial charge >= 0.3 is 0 Å². The second-order valence-corrected chi connectivity index (χ2v) is 10.8. The first-order valence-electron chi connectivity index (χ1n) is 14.2. The largest absolute Gasteiger partial charge is 0.441 e. The fourth-order valence-corrected chi connectivity index (χ4v) is 5.22. The van der Waals surface area contributed by atoms with Crippen LogP contribution in [0.2, 0.25) is 5.02 Å². The van der Waals surface area contributed by atoms with Gasteiger partial charge in [-0.1, -0.05) is 73.5 Å². The van der Waals surface area contributed by atoms with Crippen molar-refractivity contribution in [1.82, 2.24) is 35.6 Å². The Morgan fingerprint density at radius 3 is 2.33 bits per heavy atom. The Morgan fingerprint density at radius 1 is 0.860 bits per heavy atom. The minimum absolute atomic E-state index is 0.123. The fourth-order valence-electron chi connectivity index (χ4n) is 5.09. The Balaban J connectivity index is 1.25. The van der Waals surface area contributed by atoms with E-state index in [0.29, 0.717) is 46.7 Å². The molecule has 2 N–H and O–H groups in total. The van der Waals surface area contributed by atoms with Crippen molar-refractivity contribution in [2.75, 3.05) is 0 Å². The van der Waals surface area contributed by atoms with Crippen LogP contribution < -0.4 is 5.56 Å². The molecule has 3 aromatic heterocycles. The van der Waals surface area contributed by atoms with E-state index in [9.17, 15) is 4.79 Å². The second kappa shape index (κ2) is 12.5. The van der Waals surface area contributed by atoms with Crippen molar-refractivity contribution < 1.29 is 4.42 Å². The van der Waals surface area contributed by atoms with Gasteiger partial charge in [-0.05, 0) is 65.9 Å². The summed E-state index contributed by atoms with van der Waals surface area (Å²) in [6.07, 6.45) is 3.53. The van der Waals surface area contributed by atoms with Crippen LogP contribution in [-0.2, 0) is 19.3 Å². The van der Waals surface area contributed by atoms with Gasteiger partial charge in [0.05, 0.1) is 17.8 Å². The molecule has 0 spiro atoms. The van der Waals surface area contributed by atoms with Gasteiger partial charge in [-0.3, -0.25) is 4.79 Å². The molecule has 9 nitrogen and oxygen atoms in total. The Hall–Kier alpha value is -4.89. The molecule has 0 unspecified atom stereocenters. The third-order valence-corrected chi connectivity index (χ3v) is 7.65. The molecule has 216 valence electrons. The molecule has 0 radical (unpaired) electrons. The Labute approximate surface area is 253 Å². The number of benzene rings is 3. The van der Waals surface area contributed by atoms with E-state index in [2.05, 4.69) is 61.8 Å². The van der Waals surface area contributed by atoms with Crippen LogP contribution in [-0.4, -0.2) is 35.6 Å². The Morgan fingerprint density at radius 2 is 1.60 bits per heavy atom. The quantitative estimate of drug-likeness (QED) is 0.180. The predicted octanol–water partition coefficient (Wildman–Crippen LogP) is 6.76. The highest BCUT2D eigenvalue weighted by atomic mass is 35.5. The molecular formula is C33H30ClN7O2. The first kappa shape index (κ1) is 28.2. The molecule has 0 saturated heterocycles. The van der Waals surface area contributed by atoms with Gasteiger partial charge in [-0.15, -0.1) is 10.2 Å². The number of aryl methyl sites for hydroxylation is 2. The number of nitrogens with zero attached hydrogens (tertiary/aromatic N) is 5. The summed E-state index contributed by atoms with van der Waals surface area (Å²) >= 11 is 6.03. The van der Waals surface area contributed by atoms with Crippen LogP contribution in [0.5, 0.6) is 0 Å². The molecule has 0 aliphatic heterocycles. The van der Waals surface area contributed by atoms with E-state index in [-0.39, 0.29) is 5.56 Å². The Bertz CT molecular complexity index is 1890. The predicted molar refractivity (Wildman–Crippen MR) is 166 cm³/mol. The number of halogens is 1. The number of rotatable bonds is 10. The van der Waals surface area contributed by atoms with Crippen molar-refractivity contribution in [2.24, 2.45) is 0 Å². The maximum atomic E-state index is 13.5. The van der Waals surface area contributed by atoms with Gasteiger partial charge in [0.25, 0.3) is 5.56 Å². The molecule has 6 rings (SSSR count). The van der Waals surface area contributed by atoms with Crippen molar-refractivity contribution in [2.45, 2.75) is 46.0 Å². The second-order valence-electron chi connectivity index (χ2n) is 10.4. The van der Waals surface area contributed by atoms with Gasteiger partial charge in [0.2, 0.25) is 11.7 Å². The number of hydrogen-bond acceptors (Lipinski definition) is 7. The number of tetrazole rings is 1. The minimum Gasteiger partial charge on any atom is -0.441 e. The summed E-state index contributed by atoms with van der Waals surface area (Å²) in [6.45, 7) is 4.01. The average Bonchev–Trinajstić information content (AvgIpc) is 3.69. The first-order chi connectivity index (χ1) is 21.0. The van der Waals surface area contributed by atoms with Crippen molar-refractivity contribution in [3.63, 3.8) is 0 Å². The lowest BCUT2D eigenvalue weighted by Gasteiger charge is -2.11. The zero-order valence-corrected chi connectivity index (χ0v) is 24.7. The normalized spacial score (nSPS) is 11.2. The molecular weight excluding hydrogens is 562 g/mol. The summed E-state index contributed by atoms with van der Waals surface area (Å²) in [5, 5.41) is 15.1. The van der Waals surface area contributed by atoms with E-state index in [0.717, 1.165) is 58.5 Å². The van der Waals surface area contributed by atoms with E-state index in [1.165, 1.54) is 0 Å². The van der Waals surface area contributed by atoms with E-state index < -0.39 is 0 Å². The van der Waals surface area contributed by atoms with Gasteiger partial charge in [0.15, 0.2) is 0 Å². The standard InChI is InChI=1S/C33H30ClN7O2/c1-3-4-9-28-27(18-21-10-12-22(13-11-21)25-7-5-6-8-26(25)31-38-40-41-39-31)32(42)37-30(35-28)19-29-20(2)43-33(36-29)23-14-16-24(34)17-15-23/h5-8,10-17H,3-4,9,18-19H2,1-2H3,(H,35,37,42)(H,38,39,40,41). The van der Waals surface area contributed by atoms with E-state index in [1.807, 2.05) is 43.3 Å². The molecule has 0 aliphatic carbocycles. The molecule has 3 heterocycles. The summed E-state index contributed by atoms with van der Waals surface area (Å²) in [5.41, 5.74) is 6.92. The summed E-state index contributed by atoms with van der Waals surface area (Å²) in [5.74, 6) is 2.32. The van der Waals surface area contributed by atoms with E-state index >= 15 is 0 Å². The average molecular weight is 592 g/mol. The molecule has 0 atom stereocenters. The molecule has 3 aromatic carbocycles. The number of nitrogens with one attached hydrogen (secondary N) is 2. The van der Waals surface area contributed by atoms with Crippen LogP contribution in [0, 0.1) is 6.92 Å². The lowest BCUT2D eigenvalue weighted by Crippen LogP contribution is -2.21. The van der Waals surface area contributed by atoms with Gasteiger partial charge in [-0.25, -0.2) is 9.97 Å². The number of aromatic amines is 2. The third kappa shape index (κ3) is 6.32. The van der Waals surface area contributed by atoms with Crippen LogP contribution >= 0.6 is 11.6 Å². The summed E-state index contributed by atoms with van der Waals surface area (Å²) in [4.78, 5) is 26.1. The van der Waals surface area contributed by atoms with Crippen LogP contribution in [0.25, 0.3) is 34.0 Å². The lowest BCUT2D eigenvalue weighted by molar-refractivity contribution is 0.539. The topological polar surface area (TPSA) is 126 Å². The fraction of sp³-hybridized carbons (Fsp3) is 0.212. The Kier molecular flexibility index (Phi) is 8.24. The number of aromatic nitrogens is 7. The number of hydrogen-bond donors (Lipinski definition) is 2. The van der Waals surface area contributed by atoms with Crippen LogP contribution in [0.1, 0.15) is 53.9 Å². The highest BCUT2D eigenvalue weighted by Gasteiger charge is 2.17. The zero-order valence-electron chi connectivity index (χ0n) is 23.9. The number of unbranched alkanes of at least 4 members (excludes halogenated alkanes) is 1. The molecule has 0 bridgehead atoms. The van der Waals surface area contributed by atoms with Gasteiger partial charge < -0.3 is 9.40 Å². The molecule has 6 aromatic rings. The summed E-state index contributed by atoms with van der Waals surface area (Å²) in [6, 6.07) is 23.5. The minimum atomic E-state index is -0.123. The maximum absolute atomic E-state index is 13.5. The van der Waals surface area contributed by atoms with Crippen molar-refractivity contribution in [3.05, 3.63) is 122 Å². The zero-order chi connectivity index (χ0) is 29.8. The van der Waals surface area contributed by atoms with Gasteiger partial charge in [-0.2, -0.15) is 5.21 Å². The molecule has 43 heavy (non-hydrogen) atoms. The third-order valence-electron chi connectivity index (χ3n) is 7.40. The van der Waals surface area contributed by atoms with Crippen LogP contribution in [0.15, 0.2) is 82.0 Å². The number of oxazole rings is 1. The smallest absolute Gasteiger partial charge is 0.254 e. The molecule has 0 amide bonds. The van der Waals surface area contributed by atoms with Crippen molar-refractivity contribution in [1.29, 1.82) is 0 Å². The highest BCUT2D eigenvalue weighted by Crippen LogP contribution is 2.30. The van der Waals surface area contributed by atoms with Crippen LogP contribution in [0.4, 0.5) is 0 Å². The van der Waals surface area contributed by atoms with Crippen LogP contribution in [0.3, 0.4) is 0 Å². The molecule has 10 heteroatoms. The van der Waals surface area contributed by atoms with Gasteiger partial charge in [0.1, 0.15) is 11.6 Å². The molecule has 0 saturated carbocycles. The summed E-state index contributed by atoms with van der Waals surface area (Å²) in [7, 11) is 0. The lowest BCUT2D eigenvalue weighted by atomic mass is 9.96.